The number of non-ortho nitro benzene ring substituents is 1. The molecule has 0 aromatic heterocycles. The Balaban J connectivity index is 2.05. The van der Waals surface area contributed by atoms with Crippen molar-refractivity contribution in [2.45, 2.75) is 19.9 Å². The molecule has 1 amide bonds. The molecule has 0 saturated carbocycles. The molecular weight excluding hydrogens is 392 g/mol. The zero-order chi connectivity index (χ0) is 22.0. The maximum atomic E-state index is 12.8. The molecule has 1 heterocycles. The van der Waals surface area contributed by atoms with Crippen molar-refractivity contribution in [1.82, 2.24) is 0 Å². The van der Waals surface area contributed by atoms with E-state index in [-0.39, 0.29) is 23.4 Å². The van der Waals surface area contributed by atoms with Crippen LogP contribution in [-0.2, 0) is 14.3 Å². The van der Waals surface area contributed by atoms with Gasteiger partial charge in [-0.05, 0) is 55.8 Å². The lowest BCUT2D eigenvalue weighted by Gasteiger charge is -2.26. The van der Waals surface area contributed by atoms with Gasteiger partial charge < -0.3 is 9.84 Å². The standard InChI is InChI=1S/C21H18N2O7/c1-3-30-21(27)14-6-8-15(9-7-14)22-18(17(12(2)24)19(25)20(22)26)13-4-10-16(11-5-13)23(28)29/h4-11,18,25H,3H2,1-2H3/t18-/m0/s1. The van der Waals surface area contributed by atoms with Crippen LogP contribution in [0.3, 0.4) is 0 Å². The molecule has 3 rings (SSSR count). The molecule has 1 aliphatic heterocycles. The number of carbonyl (C=O) groups is 3. The van der Waals surface area contributed by atoms with E-state index in [0.717, 1.165) is 0 Å². The molecule has 1 aliphatic rings. The molecule has 9 nitrogen and oxygen atoms in total. The molecule has 0 unspecified atom stereocenters. The van der Waals surface area contributed by atoms with Crippen molar-refractivity contribution < 1.29 is 29.2 Å². The van der Waals surface area contributed by atoms with Gasteiger partial charge in [0, 0.05) is 17.8 Å². The summed E-state index contributed by atoms with van der Waals surface area (Å²) >= 11 is 0. The first-order valence-corrected chi connectivity index (χ1v) is 9.05. The largest absolute Gasteiger partial charge is 0.503 e. The van der Waals surface area contributed by atoms with Gasteiger partial charge in [0.2, 0.25) is 0 Å². The van der Waals surface area contributed by atoms with Gasteiger partial charge in [0.05, 0.1) is 28.7 Å². The smallest absolute Gasteiger partial charge is 0.338 e. The number of esters is 1. The van der Waals surface area contributed by atoms with E-state index < -0.39 is 34.4 Å². The minimum Gasteiger partial charge on any atom is -0.503 e. The van der Waals surface area contributed by atoms with Gasteiger partial charge in [-0.1, -0.05) is 0 Å². The number of rotatable bonds is 6. The van der Waals surface area contributed by atoms with Gasteiger partial charge >= 0.3 is 5.97 Å². The van der Waals surface area contributed by atoms with Crippen LogP contribution >= 0.6 is 0 Å². The number of nitro groups is 1. The van der Waals surface area contributed by atoms with E-state index in [1.54, 1.807) is 6.92 Å². The molecule has 2 aromatic rings. The fourth-order valence-corrected chi connectivity index (χ4v) is 3.30. The number of amides is 1. The van der Waals surface area contributed by atoms with Crippen molar-refractivity contribution in [3.63, 3.8) is 0 Å². The number of aliphatic hydroxyl groups excluding tert-OH is 1. The van der Waals surface area contributed by atoms with Gasteiger partial charge in [0.15, 0.2) is 11.5 Å². The third-order valence-corrected chi connectivity index (χ3v) is 4.66. The highest BCUT2D eigenvalue weighted by Crippen LogP contribution is 2.41. The summed E-state index contributed by atoms with van der Waals surface area (Å²) in [6, 6.07) is 10.3. The first-order valence-electron chi connectivity index (χ1n) is 9.05. The molecule has 0 fully saturated rings. The third-order valence-electron chi connectivity index (χ3n) is 4.66. The van der Waals surface area contributed by atoms with E-state index in [0.29, 0.717) is 11.3 Å². The van der Waals surface area contributed by atoms with Crippen molar-refractivity contribution in [2.75, 3.05) is 11.5 Å². The van der Waals surface area contributed by atoms with Crippen molar-refractivity contribution in [2.24, 2.45) is 0 Å². The Morgan fingerprint density at radius 2 is 1.73 bits per heavy atom. The quantitative estimate of drug-likeness (QED) is 0.440. The van der Waals surface area contributed by atoms with Crippen LogP contribution in [-0.4, -0.2) is 34.3 Å². The third kappa shape index (κ3) is 3.64. The molecule has 1 atom stereocenters. The average Bonchev–Trinajstić information content (AvgIpc) is 2.99. The number of nitrogens with zero attached hydrogens (tertiary/aromatic N) is 2. The highest BCUT2D eigenvalue weighted by molar-refractivity contribution is 6.16. The zero-order valence-corrected chi connectivity index (χ0v) is 16.2. The molecule has 0 aliphatic carbocycles. The average molecular weight is 410 g/mol. The van der Waals surface area contributed by atoms with Gasteiger partial charge in [-0.2, -0.15) is 0 Å². The number of Topliss-reactive ketones (excluding diaryl/α,β-unsaturated/α-hetero) is 1. The Morgan fingerprint density at radius 1 is 1.13 bits per heavy atom. The highest BCUT2D eigenvalue weighted by Gasteiger charge is 2.43. The minimum absolute atomic E-state index is 0.108. The van der Waals surface area contributed by atoms with E-state index in [9.17, 15) is 29.6 Å². The van der Waals surface area contributed by atoms with Crippen molar-refractivity contribution >= 4 is 29.0 Å². The molecule has 0 bridgehead atoms. The summed E-state index contributed by atoms with van der Waals surface area (Å²) in [5, 5.41) is 21.3. The second-order valence-electron chi connectivity index (χ2n) is 6.51. The first kappa shape index (κ1) is 20.7. The molecule has 2 aromatic carbocycles. The predicted octanol–water partition coefficient (Wildman–Crippen LogP) is 3.26. The number of anilines is 1. The van der Waals surface area contributed by atoms with Gasteiger partial charge in [-0.25, -0.2) is 4.79 Å². The number of carbonyl (C=O) groups excluding carboxylic acids is 3. The molecule has 9 heteroatoms. The van der Waals surface area contributed by atoms with Crippen LogP contribution in [0.1, 0.15) is 35.8 Å². The summed E-state index contributed by atoms with van der Waals surface area (Å²) in [6.45, 7) is 3.12. The molecular formula is C21H18N2O7. The monoisotopic (exact) mass is 410 g/mol. The van der Waals surface area contributed by atoms with Crippen LogP contribution in [0.4, 0.5) is 11.4 Å². The van der Waals surface area contributed by atoms with Crippen LogP contribution in [0.5, 0.6) is 0 Å². The molecule has 0 saturated heterocycles. The van der Waals surface area contributed by atoms with Gasteiger partial charge in [0.1, 0.15) is 0 Å². The van der Waals surface area contributed by atoms with Crippen molar-refractivity contribution in [3.05, 3.63) is 81.1 Å². The van der Waals surface area contributed by atoms with E-state index in [4.69, 9.17) is 4.74 Å². The topological polar surface area (TPSA) is 127 Å². The molecule has 1 N–H and O–H groups in total. The highest BCUT2D eigenvalue weighted by atomic mass is 16.6. The van der Waals surface area contributed by atoms with Crippen LogP contribution in [0.2, 0.25) is 0 Å². The first-order chi connectivity index (χ1) is 14.3. The minimum atomic E-state index is -0.968. The molecule has 0 spiro atoms. The summed E-state index contributed by atoms with van der Waals surface area (Å²) in [7, 11) is 0. The van der Waals surface area contributed by atoms with Crippen molar-refractivity contribution in [1.29, 1.82) is 0 Å². The lowest BCUT2D eigenvalue weighted by Crippen LogP contribution is -2.30. The zero-order valence-electron chi connectivity index (χ0n) is 16.2. The number of hydrogen-bond acceptors (Lipinski definition) is 7. The molecule has 30 heavy (non-hydrogen) atoms. The Kier molecular flexibility index (Phi) is 5.63. The van der Waals surface area contributed by atoms with Gasteiger partial charge in [-0.3, -0.25) is 24.6 Å². The lowest BCUT2D eigenvalue weighted by molar-refractivity contribution is -0.384. The number of ether oxygens (including phenoxy) is 1. The fourth-order valence-electron chi connectivity index (χ4n) is 3.30. The normalized spacial score (nSPS) is 16.0. The SMILES string of the molecule is CCOC(=O)c1ccc(N2C(=O)C(O)=C(C(C)=O)[C@@H]2c2ccc([N+](=O)[O-])cc2)cc1. The Bertz CT molecular complexity index is 1060. The Morgan fingerprint density at radius 3 is 2.23 bits per heavy atom. The van der Waals surface area contributed by atoms with E-state index in [2.05, 4.69) is 0 Å². The predicted molar refractivity (Wildman–Crippen MR) is 106 cm³/mol. The van der Waals surface area contributed by atoms with E-state index >= 15 is 0 Å². The lowest BCUT2D eigenvalue weighted by atomic mass is 9.96. The van der Waals surface area contributed by atoms with E-state index in [1.807, 2.05) is 0 Å². The van der Waals surface area contributed by atoms with Gasteiger partial charge in [-0.15, -0.1) is 0 Å². The van der Waals surface area contributed by atoms with Crippen LogP contribution in [0.15, 0.2) is 59.9 Å². The van der Waals surface area contributed by atoms with Crippen molar-refractivity contribution in [3.8, 4) is 0 Å². The van der Waals surface area contributed by atoms with Crippen LogP contribution in [0, 0.1) is 10.1 Å². The number of benzene rings is 2. The summed E-state index contributed by atoms with van der Waals surface area (Å²) in [6.07, 6.45) is 0. The van der Waals surface area contributed by atoms with Crippen LogP contribution in [0.25, 0.3) is 0 Å². The number of aliphatic hydroxyl groups is 1. The number of nitro benzene ring substituents is 1. The van der Waals surface area contributed by atoms with Crippen LogP contribution < -0.4 is 4.90 Å². The summed E-state index contributed by atoms with van der Waals surface area (Å²) in [5.41, 5.74) is 0.772. The summed E-state index contributed by atoms with van der Waals surface area (Å²) in [5.74, 6) is -2.49. The number of hydrogen-bond donors (Lipinski definition) is 1. The Labute approximate surface area is 171 Å². The maximum absolute atomic E-state index is 12.8. The van der Waals surface area contributed by atoms with E-state index in [1.165, 1.54) is 60.4 Å². The fraction of sp³-hybridized carbons (Fsp3) is 0.190. The maximum Gasteiger partial charge on any atom is 0.338 e. The molecule has 0 radical (unpaired) electrons. The Hall–Kier alpha value is -4.01. The molecule has 154 valence electrons. The summed E-state index contributed by atoms with van der Waals surface area (Å²) < 4.78 is 4.93. The number of ketones is 1. The second-order valence-corrected chi connectivity index (χ2v) is 6.51. The summed E-state index contributed by atoms with van der Waals surface area (Å²) in [4.78, 5) is 48.4. The second kappa shape index (κ2) is 8.16. The van der Waals surface area contributed by atoms with Gasteiger partial charge in [0.25, 0.3) is 11.6 Å².